The van der Waals surface area contributed by atoms with Gasteiger partial charge in [0.15, 0.2) is 6.29 Å². The summed E-state index contributed by atoms with van der Waals surface area (Å²) >= 11 is 0. The molecule has 0 saturated carbocycles. The van der Waals surface area contributed by atoms with Crippen molar-refractivity contribution >= 4 is 6.29 Å². The molecule has 15 heavy (non-hydrogen) atoms. The van der Waals surface area contributed by atoms with Gasteiger partial charge in [-0.2, -0.15) is 0 Å². The first-order valence-corrected chi connectivity index (χ1v) is 4.91. The molecule has 1 aromatic rings. The van der Waals surface area contributed by atoms with Crippen LogP contribution in [0.2, 0.25) is 0 Å². The zero-order chi connectivity index (χ0) is 11.1. The summed E-state index contributed by atoms with van der Waals surface area (Å²) in [5, 5.41) is 0. The lowest BCUT2D eigenvalue weighted by molar-refractivity contribution is 0.111. The summed E-state index contributed by atoms with van der Waals surface area (Å²) in [5.41, 5.74) is 0.502. The van der Waals surface area contributed by atoms with Crippen LogP contribution in [-0.2, 0) is 0 Å². The summed E-state index contributed by atoms with van der Waals surface area (Å²) in [6.07, 6.45) is 3.30. The number of hydrogen-bond donors (Lipinski definition) is 0. The van der Waals surface area contributed by atoms with Crippen LogP contribution in [0.25, 0.3) is 0 Å². The van der Waals surface area contributed by atoms with Gasteiger partial charge in [-0.05, 0) is 32.6 Å². The first kappa shape index (κ1) is 11.7. The Labute approximate surface area is 89.9 Å². The molecule has 0 aliphatic rings. The molecular formula is C11H16N2O2. The van der Waals surface area contributed by atoms with Crippen molar-refractivity contribution in [3.63, 3.8) is 0 Å². The van der Waals surface area contributed by atoms with Gasteiger partial charge in [0.2, 0.25) is 5.88 Å². The minimum Gasteiger partial charge on any atom is -0.477 e. The maximum Gasteiger partial charge on any atom is 0.224 e. The predicted octanol–water partition coefficient (Wildman–Crippen LogP) is 1.22. The highest BCUT2D eigenvalue weighted by molar-refractivity contribution is 5.77. The van der Waals surface area contributed by atoms with E-state index in [-0.39, 0.29) is 0 Å². The van der Waals surface area contributed by atoms with E-state index < -0.39 is 0 Å². The van der Waals surface area contributed by atoms with E-state index >= 15 is 0 Å². The van der Waals surface area contributed by atoms with Crippen molar-refractivity contribution in [3.8, 4) is 5.88 Å². The third kappa shape index (κ3) is 4.08. The monoisotopic (exact) mass is 208 g/mol. The summed E-state index contributed by atoms with van der Waals surface area (Å²) < 4.78 is 5.41. The highest BCUT2D eigenvalue weighted by atomic mass is 16.5. The summed E-state index contributed by atoms with van der Waals surface area (Å²) in [6, 6.07) is 3.41. The molecule has 0 N–H and O–H groups in total. The lowest BCUT2D eigenvalue weighted by Gasteiger charge is -2.10. The molecule has 82 valence electrons. The van der Waals surface area contributed by atoms with Gasteiger partial charge in [-0.25, -0.2) is 4.98 Å². The van der Waals surface area contributed by atoms with Gasteiger partial charge in [0.25, 0.3) is 0 Å². The zero-order valence-corrected chi connectivity index (χ0v) is 9.14. The van der Waals surface area contributed by atoms with E-state index in [1.54, 1.807) is 18.3 Å². The Hall–Kier alpha value is -1.42. The molecule has 0 atom stereocenters. The van der Waals surface area contributed by atoms with Crippen LogP contribution in [0.3, 0.4) is 0 Å². The van der Waals surface area contributed by atoms with Crippen molar-refractivity contribution in [3.05, 3.63) is 23.9 Å². The van der Waals surface area contributed by atoms with Gasteiger partial charge in [-0.15, -0.1) is 0 Å². The number of carbonyl (C=O) groups excluding carboxylic acids is 1. The van der Waals surface area contributed by atoms with Crippen LogP contribution in [-0.4, -0.2) is 43.4 Å². The van der Waals surface area contributed by atoms with Gasteiger partial charge in [-0.3, -0.25) is 4.79 Å². The lowest BCUT2D eigenvalue weighted by atomic mass is 10.3. The van der Waals surface area contributed by atoms with E-state index in [1.807, 2.05) is 14.1 Å². The Bertz CT molecular complexity index is 313. The second-order valence-corrected chi connectivity index (χ2v) is 3.52. The molecule has 1 heterocycles. The molecule has 1 aromatic heterocycles. The quantitative estimate of drug-likeness (QED) is 0.521. The fourth-order valence-electron chi connectivity index (χ4n) is 1.16. The molecule has 0 aliphatic carbocycles. The van der Waals surface area contributed by atoms with Crippen LogP contribution in [0.4, 0.5) is 0 Å². The van der Waals surface area contributed by atoms with Gasteiger partial charge < -0.3 is 9.64 Å². The molecule has 0 fully saturated rings. The molecule has 4 heteroatoms. The van der Waals surface area contributed by atoms with Gasteiger partial charge in [0.1, 0.15) is 0 Å². The van der Waals surface area contributed by atoms with Crippen molar-refractivity contribution in [2.75, 3.05) is 27.2 Å². The molecule has 0 unspecified atom stereocenters. The van der Waals surface area contributed by atoms with E-state index in [1.165, 1.54) is 0 Å². The summed E-state index contributed by atoms with van der Waals surface area (Å²) in [4.78, 5) is 16.7. The maximum absolute atomic E-state index is 10.6. The van der Waals surface area contributed by atoms with Crippen molar-refractivity contribution in [2.24, 2.45) is 0 Å². The van der Waals surface area contributed by atoms with Crippen molar-refractivity contribution in [2.45, 2.75) is 6.42 Å². The average molecular weight is 208 g/mol. The van der Waals surface area contributed by atoms with E-state index in [9.17, 15) is 4.79 Å². The summed E-state index contributed by atoms with van der Waals surface area (Å²) in [7, 11) is 4.02. The highest BCUT2D eigenvalue weighted by Crippen LogP contribution is 2.11. The van der Waals surface area contributed by atoms with Crippen LogP contribution in [0.5, 0.6) is 5.88 Å². The van der Waals surface area contributed by atoms with Crippen molar-refractivity contribution in [1.29, 1.82) is 0 Å². The molecule has 0 aromatic carbocycles. The Morgan fingerprint density at radius 3 is 3.00 bits per heavy atom. The predicted molar refractivity (Wildman–Crippen MR) is 58.3 cm³/mol. The standard InChI is InChI=1S/C11H16N2O2/c1-13(2)7-4-8-15-11-10(9-14)5-3-6-12-11/h3,5-6,9H,4,7-8H2,1-2H3. The fourth-order valence-corrected chi connectivity index (χ4v) is 1.16. The second kappa shape index (κ2) is 6.14. The SMILES string of the molecule is CN(C)CCCOc1ncccc1C=O. The summed E-state index contributed by atoms with van der Waals surface area (Å²) in [6.45, 7) is 1.54. The minimum absolute atomic E-state index is 0.422. The van der Waals surface area contributed by atoms with E-state index in [4.69, 9.17) is 4.74 Å². The van der Waals surface area contributed by atoms with Crippen LogP contribution in [0.15, 0.2) is 18.3 Å². The first-order valence-electron chi connectivity index (χ1n) is 4.91. The van der Waals surface area contributed by atoms with Crippen molar-refractivity contribution < 1.29 is 9.53 Å². The van der Waals surface area contributed by atoms with Gasteiger partial charge in [0.05, 0.1) is 12.2 Å². The molecule has 0 saturated heterocycles. The number of aldehydes is 1. The van der Waals surface area contributed by atoms with Crippen LogP contribution < -0.4 is 4.74 Å². The number of hydrogen-bond acceptors (Lipinski definition) is 4. The van der Waals surface area contributed by atoms with Crippen LogP contribution >= 0.6 is 0 Å². The second-order valence-electron chi connectivity index (χ2n) is 3.52. The molecule has 0 radical (unpaired) electrons. The summed E-state index contributed by atoms with van der Waals surface area (Å²) in [5.74, 6) is 0.422. The Kier molecular flexibility index (Phi) is 4.77. The van der Waals surface area contributed by atoms with Crippen LogP contribution in [0, 0.1) is 0 Å². The average Bonchev–Trinajstić information content (AvgIpc) is 2.24. The van der Waals surface area contributed by atoms with E-state index in [0.717, 1.165) is 19.3 Å². The number of rotatable bonds is 6. The highest BCUT2D eigenvalue weighted by Gasteiger charge is 2.02. The molecule has 0 aliphatic heterocycles. The Balaban J connectivity index is 2.40. The smallest absolute Gasteiger partial charge is 0.224 e. The number of carbonyl (C=O) groups is 1. The molecule has 0 bridgehead atoms. The number of ether oxygens (including phenoxy) is 1. The van der Waals surface area contributed by atoms with Gasteiger partial charge >= 0.3 is 0 Å². The minimum atomic E-state index is 0.422. The Morgan fingerprint density at radius 1 is 1.53 bits per heavy atom. The molecular weight excluding hydrogens is 192 g/mol. The number of aromatic nitrogens is 1. The third-order valence-corrected chi connectivity index (χ3v) is 1.92. The number of nitrogens with zero attached hydrogens (tertiary/aromatic N) is 2. The first-order chi connectivity index (χ1) is 7.24. The number of pyridine rings is 1. The molecule has 0 spiro atoms. The largest absolute Gasteiger partial charge is 0.477 e. The fraction of sp³-hybridized carbons (Fsp3) is 0.455. The van der Waals surface area contributed by atoms with Gasteiger partial charge in [-0.1, -0.05) is 0 Å². The molecule has 1 rings (SSSR count). The van der Waals surface area contributed by atoms with Gasteiger partial charge in [0, 0.05) is 12.7 Å². The third-order valence-electron chi connectivity index (χ3n) is 1.92. The zero-order valence-electron chi connectivity index (χ0n) is 9.14. The van der Waals surface area contributed by atoms with Crippen molar-refractivity contribution in [1.82, 2.24) is 9.88 Å². The Morgan fingerprint density at radius 2 is 2.33 bits per heavy atom. The van der Waals surface area contributed by atoms with E-state index in [0.29, 0.717) is 18.1 Å². The lowest BCUT2D eigenvalue weighted by Crippen LogP contribution is -2.16. The van der Waals surface area contributed by atoms with E-state index in [2.05, 4.69) is 9.88 Å². The topological polar surface area (TPSA) is 42.4 Å². The molecule has 0 amide bonds. The van der Waals surface area contributed by atoms with Crippen LogP contribution in [0.1, 0.15) is 16.8 Å². The molecule has 4 nitrogen and oxygen atoms in total. The normalized spacial score (nSPS) is 10.3. The maximum atomic E-state index is 10.6.